The summed E-state index contributed by atoms with van der Waals surface area (Å²) >= 11 is 5.67. The Bertz CT molecular complexity index is 400. The molecule has 1 unspecified atom stereocenters. The van der Waals surface area contributed by atoms with Crippen LogP contribution in [0.25, 0.3) is 0 Å². The van der Waals surface area contributed by atoms with E-state index in [-0.39, 0.29) is 11.6 Å². The van der Waals surface area contributed by atoms with Gasteiger partial charge in [0.05, 0.1) is 0 Å². The molecule has 0 aromatic carbocycles. The van der Waals surface area contributed by atoms with Gasteiger partial charge in [-0.1, -0.05) is 0 Å². The van der Waals surface area contributed by atoms with Crippen molar-refractivity contribution in [1.82, 2.24) is 9.55 Å². The molecular formula is C10H14ClN3O. The van der Waals surface area contributed by atoms with Crippen LogP contribution in [0.3, 0.4) is 0 Å². The molecule has 0 bridgehead atoms. The van der Waals surface area contributed by atoms with Crippen LogP contribution in [0.15, 0.2) is 17.2 Å². The molecule has 5 heteroatoms. The summed E-state index contributed by atoms with van der Waals surface area (Å²) in [7, 11) is 0. The fraction of sp³-hybridized carbons (Fsp3) is 0.600. The number of hydrogen-bond acceptors (Lipinski definition) is 3. The third-order valence-electron chi connectivity index (χ3n) is 2.42. The molecule has 1 heterocycles. The maximum absolute atomic E-state index is 11.9. The normalized spacial score (nSPS) is 17.5. The number of anilines is 1. The van der Waals surface area contributed by atoms with Crippen molar-refractivity contribution in [3.8, 4) is 0 Å². The van der Waals surface area contributed by atoms with Crippen LogP contribution in [0.5, 0.6) is 0 Å². The second-order valence-corrected chi connectivity index (χ2v) is 4.23. The van der Waals surface area contributed by atoms with Gasteiger partial charge in [0.15, 0.2) is 5.82 Å². The largest absolute Gasteiger partial charge is 0.362 e. The fourth-order valence-electron chi connectivity index (χ4n) is 1.44. The average Bonchev–Trinajstić information content (AvgIpc) is 3.04. The van der Waals surface area contributed by atoms with E-state index in [0.717, 1.165) is 12.8 Å². The second-order valence-electron chi connectivity index (χ2n) is 3.92. The zero-order chi connectivity index (χ0) is 10.8. The first kappa shape index (κ1) is 10.5. The van der Waals surface area contributed by atoms with Crippen molar-refractivity contribution in [2.24, 2.45) is 0 Å². The van der Waals surface area contributed by atoms with Crippen molar-refractivity contribution >= 4 is 17.4 Å². The molecule has 2 rings (SSSR count). The quantitative estimate of drug-likeness (QED) is 0.796. The van der Waals surface area contributed by atoms with Crippen LogP contribution >= 0.6 is 11.6 Å². The Labute approximate surface area is 93.3 Å². The number of aromatic nitrogens is 2. The van der Waals surface area contributed by atoms with E-state index in [4.69, 9.17) is 11.6 Å². The SMILES string of the molecule is CC(CCl)Nc1nccn(C2CC2)c1=O. The van der Waals surface area contributed by atoms with Gasteiger partial charge in [0.2, 0.25) is 0 Å². The van der Waals surface area contributed by atoms with Gasteiger partial charge in [0.25, 0.3) is 5.56 Å². The van der Waals surface area contributed by atoms with Gasteiger partial charge in [0, 0.05) is 30.4 Å². The van der Waals surface area contributed by atoms with E-state index in [1.165, 1.54) is 0 Å². The highest BCUT2D eigenvalue weighted by molar-refractivity contribution is 6.18. The van der Waals surface area contributed by atoms with Crippen LogP contribution in [0.4, 0.5) is 5.82 Å². The summed E-state index contributed by atoms with van der Waals surface area (Å²) in [6, 6.07) is 0.439. The van der Waals surface area contributed by atoms with Gasteiger partial charge < -0.3 is 9.88 Å². The molecule has 1 aromatic heterocycles. The molecule has 82 valence electrons. The lowest BCUT2D eigenvalue weighted by Gasteiger charge is -2.11. The summed E-state index contributed by atoms with van der Waals surface area (Å²) < 4.78 is 1.75. The van der Waals surface area contributed by atoms with Crippen LogP contribution in [0, 0.1) is 0 Å². The molecule has 1 atom stereocenters. The molecule has 0 aliphatic heterocycles. The van der Waals surface area contributed by atoms with Gasteiger partial charge in [-0.25, -0.2) is 4.98 Å². The summed E-state index contributed by atoms with van der Waals surface area (Å²) in [5.74, 6) is 0.858. The number of halogens is 1. The Hall–Kier alpha value is -1.03. The molecule has 0 radical (unpaired) electrons. The van der Waals surface area contributed by atoms with E-state index in [9.17, 15) is 4.79 Å². The topological polar surface area (TPSA) is 46.9 Å². The zero-order valence-electron chi connectivity index (χ0n) is 8.61. The molecule has 1 N–H and O–H groups in total. The second kappa shape index (κ2) is 4.23. The van der Waals surface area contributed by atoms with E-state index < -0.39 is 0 Å². The lowest BCUT2D eigenvalue weighted by molar-refractivity contribution is 0.697. The van der Waals surface area contributed by atoms with E-state index in [1.807, 2.05) is 6.92 Å². The fourth-order valence-corrected chi connectivity index (χ4v) is 1.51. The van der Waals surface area contributed by atoms with Gasteiger partial charge in [-0.05, 0) is 19.8 Å². The van der Waals surface area contributed by atoms with Crippen LogP contribution < -0.4 is 10.9 Å². The Morgan fingerprint density at radius 1 is 1.73 bits per heavy atom. The van der Waals surface area contributed by atoms with E-state index in [2.05, 4.69) is 10.3 Å². The highest BCUT2D eigenvalue weighted by Gasteiger charge is 2.25. The lowest BCUT2D eigenvalue weighted by Crippen LogP contribution is -2.28. The highest BCUT2D eigenvalue weighted by Crippen LogP contribution is 2.33. The molecule has 15 heavy (non-hydrogen) atoms. The van der Waals surface area contributed by atoms with Gasteiger partial charge >= 0.3 is 0 Å². The Morgan fingerprint density at radius 3 is 3.07 bits per heavy atom. The molecule has 1 aromatic rings. The van der Waals surface area contributed by atoms with Gasteiger partial charge in [0.1, 0.15) is 0 Å². The minimum atomic E-state index is -0.0445. The Morgan fingerprint density at radius 2 is 2.47 bits per heavy atom. The molecule has 1 fully saturated rings. The Balaban J connectivity index is 2.24. The smallest absolute Gasteiger partial charge is 0.293 e. The molecule has 1 aliphatic carbocycles. The van der Waals surface area contributed by atoms with Gasteiger partial charge in [-0.3, -0.25) is 4.79 Å². The number of hydrogen-bond donors (Lipinski definition) is 1. The highest BCUT2D eigenvalue weighted by atomic mass is 35.5. The summed E-state index contributed by atoms with van der Waals surface area (Å²) in [4.78, 5) is 15.9. The van der Waals surface area contributed by atoms with Crippen molar-refractivity contribution in [3.63, 3.8) is 0 Å². The van der Waals surface area contributed by atoms with E-state index in [1.54, 1.807) is 17.0 Å². The first-order chi connectivity index (χ1) is 7.22. The standard InChI is InChI=1S/C10H14ClN3O/c1-7(6-11)13-9-10(15)14(5-4-12-9)8-2-3-8/h4-5,7-8H,2-3,6H2,1H3,(H,12,13). The van der Waals surface area contributed by atoms with Crippen LogP contribution in [0.1, 0.15) is 25.8 Å². The first-order valence-electron chi connectivity index (χ1n) is 5.12. The molecule has 0 spiro atoms. The third kappa shape index (κ3) is 2.31. The van der Waals surface area contributed by atoms with Crippen molar-refractivity contribution in [1.29, 1.82) is 0 Å². The van der Waals surface area contributed by atoms with Gasteiger partial charge in [-0.15, -0.1) is 11.6 Å². The number of nitrogens with zero attached hydrogens (tertiary/aromatic N) is 2. The summed E-state index contributed by atoms with van der Waals surface area (Å²) in [5, 5.41) is 3.01. The zero-order valence-corrected chi connectivity index (χ0v) is 9.37. The molecule has 1 saturated carbocycles. The monoisotopic (exact) mass is 227 g/mol. The van der Waals surface area contributed by atoms with E-state index in [0.29, 0.717) is 17.7 Å². The molecular weight excluding hydrogens is 214 g/mol. The summed E-state index contributed by atoms with van der Waals surface area (Å²) in [5.41, 5.74) is -0.0445. The minimum Gasteiger partial charge on any atom is -0.362 e. The first-order valence-corrected chi connectivity index (χ1v) is 5.65. The summed E-state index contributed by atoms with van der Waals surface area (Å²) in [6.45, 7) is 1.92. The van der Waals surface area contributed by atoms with Crippen LogP contribution in [0.2, 0.25) is 0 Å². The number of rotatable bonds is 4. The minimum absolute atomic E-state index is 0.0445. The molecule has 0 saturated heterocycles. The van der Waals surface area contributed by atoms with Crippen molar-refractivity contribution in [2.45, 2.75) is 31.8 Å². The maximum Gasteiger partial charge on any atom is 0.293 e. The van der Waals surface area contributed by atoms with E-state index >= 15 is 0 Å². The third-order valence-corrected chi connectivity index (χ3v) is 2.89. The predicted octanol–water partition coefficient (Wildman–Crippen LogP) is 1.62. The van der Waals surface area contributed by atoms with Crippen molar-refractivity contribution < 1.29 is 0 Å². The summed E-state index contributed by atoms with van der Waals surface area (Å²) in [6.07, 6.45) is 5.59. The molecule has 1 aliphatic rings. The Kier molecular flexibility index (Phi) is 2.95. The van der Waals surface area contributed by atoms with Crippen molar-refractivity contribution in [2.75, 3.05) is 11.2 Å². The molecule has 4 nitrogen and oxygen atoms in total. The number of alkyl halides is 1. The molecule has 0 amide bonds. The van der Waals surface area contributed by atoms with Gasteiger partial charge in [-0.2, -0.15) is 0 Å². The maximum atomic E-state index is 11.9. The average molecular weight is 228 g/mol. The van der Waals surface area contributed by atoms with Crippen molar-refractivity contribution in [3.05, 3.63) is 22.7 Å². The van der Waals surface area contributed by atoms with Crippen LogP contribution in [-0.4, -0.2) is 21.5 Å². The number of nitrogens with one attached hydrogen (secondary N) is 1. The lowest BCUT2D eigenvalue weighted by atomic mass is 10.4. The predicted molar refractivity (Wildman–Crippen MR) is 60.6 cm³/mol. The van der Waals surface area contributed by atoms with Crippen LogP contribution in [-0.2, 0) is 0 Å².